The summed E-state index contributed by atoms with van der Waals surface area (Å²) >= 11 is 5.42. The fourth-order valence-corrected chi connectivity index (χ4v) is 1.02. The van der Waals surface area contributed by atoms with E-state index in [9.17, 15) is 18.0 Å². The Morgan fingerprint density at radius 1 is 1.43 bits per heavy atom. The fraction of sp³-hybridized carbons (Fsp3) is 0.125. The van der Waals surface area contributed by atoms with Gasteiger partial charge in [0.15, 0.2) is 17.9 Å². The second kappa shape index (κ2) is 4.32. The predicted molar refractivity (Wildman–Crippen MR) is 43.4 cm³/mol. The molecule has 0 spiro atoms. The second-order valence-corrected chi connectivity index (χ2v) is 2.71. The Balaban J connectivity index is 3.10. The number of alkyl halides is 2. The van der Waals surface area contributed by atoms with E-state index >= 15 is 0 Å². The van der Waals surface area contributed by atoms with Gasteiger partial charge in [0.25, 0.3) is 0 Å². The normalized spacial score (nSPS) is 10.4. The first-order valence-corrected chi connectivity index (χ1v) is 3.81. The molecule has 6 heteroatoms. The Hall–Kier alpha value is -1.23. The number of benzene rings is 1. The lowest BCUT2D eigenvalue weighted by atomic mass is 10.2. The minimum absolute atomic E-state index is 0.108. The van der Waals surface area contributed by atoms with E-state index in [-0.39, 0.29) is 10.6 Å². The van der Waals surface area contributed by atoms with E-state index in [4.69, 9.17) is 11.6 Å². The van der Waals surface area contributed by atoms with Crippen molar-refractivity contribution in [2.45, 2.75) is 6.61 Å². The molecule has 0 aliphatic rings. The van der Waals surface area contributed by atoms with Crippen molar-refractivity contribution in [1.29, 1.82) is 0 Å². The molecule has 0 heterocycles. The van der Waals surface area contributed by atoms with Crippen molar-refractivity contribution >= 4 is 17.9 Å². The number of carbonyl (C=O) groups excluding carboxylic acids is 1. The van der Waals surface area contributed by atoms with E-state index in [0.29, 0.717) is 6.29 Å². The van der Waals surface area contributed by atoms with Crippen molar-refractivity contribution in [2.24, 2.45) is 0 Å². The number of hydrogen-bond donors (Lipinski definition) is 0. The zero-order chi connectivity index (χ0) is 10.7. The molecule has 76 valence electrons. The minimum Gasteiger partial charge on any atom is -0.432 e. The van der Waals surface area contributed by atoms with Gasteiger partial charge in [-0.1, -0.05) is 11.6 Å². The molecule has 1 aromatic carbocycles. The summed E-state index contributed by atoms with van der Waals surface area (Å²) in [6.45, 7) is -3.15. The van der Waals surface area contributed by atoms with Crippen LogP contribution in [0.15, 0.2) is 12.1 Å². The second-order valence-electron chi connectivity index (χ2n) is 2.30. The van der Waals surface area contributed by atoms with Crippen LogP contribution in [0.2, 0.25) is 5.02 Å². The maximum absolute atomic E-state index is 12.9. The van der Waals surface area contributed by atoms with Gasteiger partial charge in [0, 0.05) is 5.56 Å². The summed E-state index contributed by atoms with van der Waals surface area (Å²) < 4.78 is 40.1. The van der Waals surface area contributed by atoms with Crippen LogP contribution in [0.4, 0.5) is 13.2 Å². The highest BCUT2D eigenvalue weighted by Crippen LogP contribution is 2.25. The molecule has 0 unspecified atom stereocenters. The number of carbonyl (C=O) groups is 1. The van der Waals surface area contributed by atoms with Crippen molar-refractivity contribution in [3.05, 3.63) is 28.5 Å². The van der Waals surface area contributed by atoms with Crippen molar-refractivity contribution in [1.82, 2.24) is 0 Å². The fourth-order valence-electron chi connectivity index (χ4n) is 0.821. The van der Waals surface area contributed by atoms with Gasteiger partial charge < -0.3 is 4.74 Å². The zero-order valence-corrected chi connectivity index (χ0v) is 7.39. The van der Waals surface area contributed by atoms with E-state index in [1.165, 1.54) is 0 Å². The van der Waals surface area contributed by atoms with Gasteiger partial charge in [-0.2, -0.15) is 8.78 Å². The van der Waals surface area contributed by atoms with Crippen LogP contribution in [0, 0.1) is 5.82 Å². The molecule has 0 amide bonds. The summed E-state index contributed by atoms with van der Waals surface area (Å²) in [5.74, 6) is -1.74. The van der Waals surface area contributed by atoms with E-state index in [1.54, 1.807) is 0 Å². The Bertz CT molecular complexity index is 355. The van der Waals surface area contributed by atoms with Crippen LogP contribution in [0.1, 0.15) is 10.4 Å². The average Bonchev–Trinajstić information content (AvgIpc) is 2.09. The van der Waals surface area contributed by atoms with Crippen LogP contribution in [0.5, 0.6) is 5.75 Å². The number of hydrogen-bond acceptors (Lipinski definition) is 2. The Morgan fingerprint density at radius 3 is 2.57 bits per heavy atom. The molecule has 0 saturated heterocycles. The Morgan fingerprint density at radius 2 is 2.07 bits per heavy atom. The van der Waals surface area contributed by atoms with Crippen molar-refractivity contribution < 1.29 is 22.7 Å². The molecule has 0 fully saturated rings. The first kappa shape index (κ1) is 10.8. The molecule has 1 aromatic rings. The van der Waals surface area contributed by atoms with E-state index in [2.05, 4.69) is 4.74 Å². The first-order valence-electron chi connectivity index (χ1n) is 3.43. The van der Waals surface area contributed by atoms with Crippen LogP contribution in [0.25, 0.3) is 0 Å². The molecule has 14 heavy (non-hydrogen) atoms. The number of rotatable bonds is 3. The zero-order valence-electron chi connectivity index (χ0n) is 6.64. The standard InChI is InChI=1S/C8H4ClF3O2/c9-5-2-6(10)7(14-8(11)12)1-4(5)3-13/h1-3,8H. The highest BCUT2D eigenvalue weighted by molar-refractivity contribution is 6.33. The molecule has 0 aromatic heterocycles. The van der Waals surface area contributed by atoms with Gasteiger partial charge in [-0.05, 0) is 12.1 Å². The lowest BCUT2D eigenvalue weighted by Crippen LogP contribution is -2.04. The van der Waals surface area contributed by atoms with Gasteiger partial charge in [-0.3, -0.25) is 4.79 Å². The van der Waals surface area contributed by atoms with E-state index < -0.39 is 18.2 Å². The van der Waals surface area contributed by atoms with Gasteiger partial charge >= 0.3 is 6.61 Å². The molecule has 0 aliphatic heterocycles. The van der Waals surface area contributed by atoms with Gasteiger partial charge in [0.1, 0.15) is 0 Å². The van der Waals surface area contributed by atoms with Gasteiger partial charge in [-0.15, -0.1) is 0 Å². The highest BCUT2D eigenvalue weighted by atomic mass is 35.5. The van der Waals surface area contributed by atoms with Crippen LogP contribution in [-0.2, 0) is 0 Å². The van der Waals surface area contributed by atoms with Crippen molar-refractivity contribution in [3.63, 3.8) is 0 Å². The third-order valence-electron chi connectivity index (χ3n) is 1.39. The molecule has 0 saturated carbocycles. The van der Waals surface area contributed by atoms with Gasteiger partial charge in [-0.25, -0.2) is 4.39 Å². The summed E-state index contributed by atoms with van der Waals surface area (Å²) in [5, 5.41) is -0.154. The molecule has 0 atom stereocenters. The molecular weight excluding hydrogens is 221 g/mol. The molecule has 1 rings (SSSR count). The third-order valence-corrected chi connectivity index (χ3v) is 1.72. The number of halogens is 4. The summed E-state index contributed by atoms with van der Waals surface area (Å²) in [4.78, 5) is 10.3. The van der Waals surface area contributed by atoms with Gasteiger partial charge in [0.05, 0.1) is 5.02 Å². The average molecular weight is 225 g/mol. The Labute approximate surface area is 82.2 Å². The van der Waals surface area contributed by atoms with Crippen LogP contribution < -0.4 is 4.74 Å². The SMILES string of the molecule is O=Cc1cc(OC(F)F)c(F)cc1Cl. The molecule has 0 bridgehead atoms. The summed E-state index contributed by atoms with van der Waals surface area (Å²) in [5.41, 5.74) is -0.108. The van der Waals surface area contributed by atoms with Crippen LogP contribution >= 0.6 is 11.6 Å². The van der Waals surface area contributed by atoms with Crippen LogP contribution in [0.3, 0.4) is 0 Å². The molecule has 0 N–H and O–H groups in total. The van der Waals surface area contributed by atoms with Gasteiger partial charge in [0.2, 0.25) is 0 Å². The molecule has 0 radical (unpaired) electrons. The first-order chi connectivity index (χ1) is 6.54. The summed E-state index contributed by atoms with van der Waals surface area (Å²) in [6.07, 6.45) is 0.320. The summed E-state index contributed by atoms with van der Waals surface area (Å²) in [7, 11) is 0. The monoisotopic (exact) mass is 224 g/mol. The predicted octanol–water partition coefficient (Wildman–Crippen LogP) is 2.89. The van der Waals surface area contributed by atoms with Crippen LogP contribution in [-0.4, -0.2) is 12.9 Å². The molecule has 0 aliphatic carbocycles. The van der Waals surface area contributed by atoms with Crippen molar-refractivity contribution in [3.8, 4) is 5.75 Å². The largest absolute Gasteiger partial charge is 0.432 e. The smallest absolute Gasteiger partial charge is 0.387 e. The quantitative estimate of drug-likeness (QED) is 0.738. The maximum Gasteiger partial charge on any atom is 0.387 e. The van der Waals surface area contributed by atoms with E-state index in [1.807, 2.05) is 0 Å². The number of aldehydes is 1. The number of ether oxygens (including phenoxy) is 1. The topological polar surface area (TPSA) is 26.3 Å². The maximum atomic E-state index is 12.9. The Kier molecular flexibility index (Phi) is 3.35. The molecule has 2 nitrogen and oxygen atoms in total. The lowest BCUT2D eigenvalue weighted by Gasteiger charge is -2.06. The third kappa shape index (κ3) is 2.38. The minimum atomic E-state index is -3.15. The lowest BCUT2D eigenvalue weighted by molar-refractivity contribution is -0.0522. The molecular formula is C8H4ClF3O2. The van der Waals surface area contributed by atoms with Crippen molar-refractivity contribution in [2.75, 3.05) is 0 Å². The highest BCUT2D eigenvalue weighted by Gasteiger charge is 2.13. The summed E-state index contributed by atoms with van der Waals surface area (Å²) in [6, 6.07) is 1.56. The van der Waals surface area contributed by atoms with E-state index in [0.717, 1.165) is 12.1 Å².